The van der Waals surface area contributed by atoms with Gasteiger partial charge in [-0.15, -0.1) is 11.3 Å². The van der Waals surface area contributed by atoms with Crippen molar-refractivity contribution in [3.8, 4) is 10.6 Å². The molecule has 1 amide bonds. The molecule has 0 saturated heterocycles. The number of amides is 1. The van der Waals surface area contributed by atoms with Crippen molar-refractivity contribution in [1.82, 2.24) is 24.5 Å². The summed E-state index contributed by atoms with van der Waals surface area (Å²) in [6.07, 6.45) is 2.75. The first-order chi connectivity index (χ1) is 11.7. The van der Waals surface area contributed by atoms with Gasteiger partial charge in [0.05, 0.1) is 17.1 Å². The predicted molar refractivity (Wildman–Crippen MR) is 92.8 cm³/mol. The molecule has 0 radical (unpaired) electrons. The van der Waals surface area contributed by atoms with Gasteiger partial charge in [0.25, 0.3) is 5.91 Å². The lowest BCUT2D eigenvalue weighted by Gasteiger charge is -2.18. The van der Waals surface area contributed by atoms with Gasteiger partial charge < -0.3 is 4.90 Å². The molecule has 124 valence electrons. The van der Waals surface area contributed by atoms with Gasteiger partial charge in [-0.2, -0.15) is 10.2 Å². The predicted octanol–water partition coefficient (Wildman–Crippen LogP) is 2.87. The normalized spacial score (nSPS) is 14.5. The highest BCUT2D eigenvalue weighted by Crippen LogP contribution is 2.26. The average Bonchev–Trinajstić information content (AvgIpc) is 3.32. The quantitative estimate of drug-likeness (QED) is 0.736. The van der Waals surface area contributed by atoms with E-state index in [0.29, 0.717) is 12.2 Å². The molecule has 4 heterocycles. The number of rotatable bonds is 3. The summed E-state index contributed by atoms with van der Waals surface area (Å²) < 4.78 is 3.82. The Morgan fingerprint density at radius 3 is 2.96 bits per heavy atom. The molecule has 1 aliphatic rings. The van der Waals surface area contributed by atoms with E-state index in [4.69, 9.17) is 5.10 Å². The molecule has 0 N–H and O–H groups in total. The Morgan fingerprint density at radius 2 is 2.21 bits per heavy atom. The second-order valence-electron chi connectivity index (χ2n) is 5.86. The summed E-state index contributed by atoms with van der Waals surface area (Å²) >= 11 is 1.68. The molecule has 0 fully saturated rings. The van der Waals surface area contributed by atoms with E-state index in [9.17, 15) is 4.79 Å². The topological polar surface area (TPSA) is 56.0 Å². The zero-order valence-electron chi connectivity index (χ0n) is 13.6. The van der Waals surface area contributed by atoms with E-state index in [-0.39, 0.29) is 5.91 Å². The molecule has 0 saturated carbocycles. The van der Waals surface area contributed by atoms with Gasteiger partial charge >= 0.3 is 0 Å². The van der Waals surface area contributed by atoms with E-state index in [0.717, 1.165) is 42.3 Å². The SMILES string of the molecule is CCn1ccc(C(=O)N2CCCn3nc(-c4cccs4)cc3C2)n1. The van der Waals surface area contributed by atoms with Crippen LogP contribution in [0.15, 0.2) is 35.8 Å². The largest absolute Gasteiger partial charge is 0.331 e. The van der Waals surface area contributed by atoms with Gasteiger partial charge in [-0.05, 0) is 36.9 Å². The zero-order valence-corrected chi connectivity index (χ0v) is 14.4. The van der Waals surface area contributed by atoms with Crippen LogP contribution in [-0.4, -0.2) is 36.9 Å². The minimum atomic E-state index is -0.00507. The Kier molecular flexibility index (Phi) is 3.93. The monoisotopic (exact) mass is 341 g/mol. The van der Waals surface area contributed by atoms with Crippen molar-refractivity contribution in [1.29, 1.82) is 0 Å². The molecular weight excluding hydrogens is 322 g/mol. The third-order valence-corrected chi connectivity index (χ3v) is 5.15. The number of fused-ring (bicyclic) bond motifs is 1. The Balaban J connectivity index is 1.58. The summed E-state index contributed by atoms with van der Waals surface area (Å²) in [5, 5.41) is 11.1. The molecule has 3 aromatic heterocycles. The van der Waals surface area contributed by atoms with Gasteiger partial charge in [-0.1, -0.05) is 6.07 Å². The number of aryl methyl sites for hydroxylation is 2. The summed E-state index contributed by atoms with van der Waals surface area (Å²) in [7, 11) is 0. The number of carbonyl (C=O) groups excluding carboxylic acids is 1. The van der Waals surface area contributed by atoms with Crippen molar-refractivity contribution in [2.24, 2.45) is 0 Å². The van der Waals surface area contributed by atoms with Crippen molar-refractivity contribution < 1.29 is 4.79 Å². The van der Waals surface area contributed by atoms with Crippen LogP contribution in [0.3, 0.4) is 0 Å². The standard InChI is InChI=1S/C17H19N5OS/c1-2-21-9-6-14(18-21)17(23)20-7-4-8-22-13(12-20)11-15(19-22)16-5-3-10-24-16/h3,5-6,9-11H,2,4,7-8,12H2,1H3. The molecule has 24 heavy (non-hydrogen) atoms. The molecule has 0 atom stereocenters. The number of thiophene rings is 1. The minimum absolute atomic E-state index is 0.00507. The maximum absolute atomic E-state index is 12.7. The Morgan fingerprint density at radius 1 is 1.29 bits per heavy atom. The molecule has 0 unspecified atom stereocenters. The van der Waals surface area contributed by atoms with Gasteiger partial charge in [0, 0.05) is 25.8 Å². The van der Waals surface area contributed by atoms with Gasteiger partial charge in [0.2, 0.25) is 0 Å². The maximum Gasteiger partial charge on any atom is 0.274 e. The smallest absolute Gasteiger partial charge is 0.274 e. The maximum atomic E-state index is 12.7. The molecule has 7 heteroatoms. The lowest BCUT2D eigenvalue weighted by Crippen LogP contribution is -2.31. The van der Waals surface area contributed by atoms with Gasteiger partial charge in [0.15, 0.2) is 0 Å². The summed E-state index contributed by atoms with van der Waals surface area (Å²) in [6.45, 7) is 4.93. The lowest BCUT2D eigenvalue weighted by molar-refractivity contribution is 0.0739. The van der Waals surface area contributed by atoms with Crippen LogP contribution in [0.4, 0.5) is 0 Å². The van der Waals surface area contributed by atoms with Crippen LogP contribution in [-0.2, 0) is 19.6 Å². The minimum Gasteiger partial charge on any atom is -0.331 e. The molecule has 4 rings (SSSR count). The van der Waals surface area contributed by atoms with Crippen LogP contribution >= 0.6 is 11.3 Å². The van der Waals surface area contributed by atoms with E-state index in [1.807, 2.05) is 28.8 Å². The van der Waals surface area contributed by atoms with Crippen LogP contribution < -0.4 is 0 Å². The molecule has 1 aliphatic heterocycles. The number of carbonyl (C=O) groups is 1. The van der Waals surface area contributed by atoms with Crippen LogP contribution in [0.2, 0.25) is 0 Å². The molecule has 0 aliphatic carbocycles. The number of aromatic nitrogens is 4. The Labute approximate surface area is 144 Å². The van der Waals surface area contributed by atoms with Crippen LogP contribution in [0.25, 0.3) is 10.6 Å². The van der Waals surface area contributed by atoms with E-state index >= 15 is 0 Å². The Hall–Kier alpha value is -2.41. The lowest BCUT2D eigenvalue weighted by atomic mass is 10.3. The third-order valence-electron chi connectivity index (χ3n) is 4.26. The fourth-order valence-corrected chi connectivity index (χ4v) is 3.68. The fourth-order valence-electron chi connectivity index (χ4n) is 2.99. The number of nitrogens with zero attached hydrogens (tertiary/aromatic N) is 5. The van der Waals surface area contributed by atoms with Gasteiger partial charge in [-0.25, -0.2) is 0 Å². The van der Waals surface area contributed by atoms with Crippen molar-refractivity contribution in [3.05, 3.63) is 47.2 Å². The van der Waals surface area contributed by atoms with E-state index in [1.165, 1.54) is 0 Å². The highest BCUT2D eigenvalue weighted by atomic mass is 32.1. The zero-order chi connectivity index (χ0) is 16.5. The van der Waals surface area contributed by atoms with Crippen LogP contribution in [0.5, 0.6) is 0 Å². The molecule has 0 spiro atoms. The van der Waals surface area contributed by atoms with Crippen LogP contribution in [0, 0.1) is 0 Å². The first-order valence-corrected chi connectivity index (χ1v) is 9.06. The van der Waals surface area contributed by atoms with E-state index in [2.05, 4.69) is 22.6 Å². The summed E-state index contributed by atoms with van der Waals surface area (Å²) in [5.74, 6) is -0.00507. The molecule has 3 aromatic rings. The van der Waals surface area contributed by atoms with Gasteiger partial charge in [-0.3, -0.25) is 14.2 Å². The van der Waals surface area contributed by atoms with Gasteiger partial charge in [0.1, 0.15) is 11.4 Å². The summed E-state index contributed by atoms with van der Waals surface area (Å²) in [6, 6.07) is 8.00. The third kappa shape index (κ3) is 2.75. The summed E-state index contributed by atoms with van der Waals surface area (Å²) in [4.78, 5) is 15.8. The molecule has 0 aromatic carbocycles. The first kappa shape index (κ1) is 15.1. The van der Waals surface area contributed by atoms with Crippen LogP contribution in [0.1, 0.15) is 29.5 Å². The first-order valence-electron chi connectivity index (χ1n) is 8.18. The average molecular weight is 341 g/mol. The van der Waals surface area contributed by atoms with Crippen molar-refractivity contribution in [2.75, 3.05) is 6.54 Å². The van der Waals surface area contributed by atoms with Crippen molar-refractivity contribution in [2.45, 2.75) is 33.0 Å². The second kappa shape index (κ2) is 6.24. The second-order valence-corrected chi connectivity index (χ2v) is 6.81. The van der Waals surface area contributed by atoms with Crippen molar-refractivity contribution in [3.63, 3.8) is 0 Å². The molecule has 6 nitrogen and oxygen atoms in total. The van der Waals surface area contributed by atoms with E-state index in [1.54, 1.807) is 22.1 Å². The summed E-state index contributed by atoms with van der Waals surface area (Å²) in [5.41, 5.74) is 2.59. The number of hydrogen-bond acceptors (Lipinski definition) is 4. The molecular formula is C17H19N5OS. The fraction of sp³-hybridized carbons (Fsp3) is 0.353. The molecule has 0 bridgehead atoms. The highest BCUT2D eigenvalue weighted by Gasteiger charge is 2.23. The number of hydrogen-bond donors (Lipinski definition) is 0. The highest BCUT2D eigenvalue weighted by molar-refractivity contribution is 7.13. The van der Waals surface area contributed by atoms with Crippen molar-refractivity contribution >= 4 is 17.2 Å². The van der Waals surface area contributed by atoms with E-state index < -0.39 is 0 Å². The Bertz CT molecular complexity index is 848.